The van der Waals surface area contributed by atoms with Crippen molar-refractivity contribution in [2.75, 3.05) is 11.6 Å². The lowest BCUT2D eigenvalue weighted by atomic mass is 10.2. The van der Waals surface area contributed by atoms with Crippen LogP contribution in [0.3, 0.4) is 0 Å². The molecule has 0 fully saturated rings. The summed E-state index contributed by atoms with van der Waals surface area (Å²) in [4.78, 5) is 9.47. The third kappa shape index (κ3) is 5.07. The number of thioether (sulfide) groups is 1. The van der Waals surface area contributed by atoms with Crippen LogP contribution in [0.1, 0.15) is 11.1 Å². The first kappa shape index (κ1) is 18.0. The molecule has 0 aromatic heterocycles. The molecule has 3 aromatic carbocycles. The minimum atomic E-state index is 0.705. The number of para-hydroxylation sites is 1. The molecule has 0 bridgehead atoms. The third-order valence-corrected chi connectivity index (χ3v) is 4.28. The van der Waals surface area contributed by atoms with Crippen LogP contribution in [0.2, 0.25) is 0 Å². The summed E-state index contributed by atoms with van der Waals surface area (Å²) < 4.78 is 0. The quantitative estimate of drug-likeness (QED) is 0.466. The van der Waals surface area contributed by atoms with Gasteiger partial charge in [-0.2, -0.15) is 0 Å². The van der Waals surface area contributed by atoms with Crippen molar-refractivity contribution in [3.8, 4) is 0 Å². The minimum absolute atomic E-state index is 0.705. The lowest BCUT2D eigenvalue weighted by molar-refractivity contribution is 1.43. The predicted octanol–water partition coefficient (Wildman–Crippen LogP) is 5.90. The fourth-order valence-electron chi connectivity index (χ4n) is 2.36. The van der Waals surface area contributed by atoms with Gasteiger partial charge in [-0.25, -0.2) is 9.98 Å². The molecule has 0 amide bonds. The highest BCUT2D eigenvalue weighted by Crippen LogP contribution is 2.17. The van der Waals surface area contributed by atoms with Crippen LogP contribution < -0.4 is 5.32 Å². The normalized spacial score (nSPS) is 12.1. The van der Waals surface area contributed by atoms with Crippen molar-refractivity contribution in [2.24, 2.45) is 9.98 Å². The molecule has 0 saturated heterocycles. The Kier molecular flexibility index (Phi) is 6.23. The van der Waals surface area contributed by atoms with Crippen LogP contribution in [0.4, 0.5) is 11.4 Å². The topological polar surface area (TPSA) is 36.8 Å². The van der Waals surface area contributed by atoms with Gasteiger partial charge in [-0.3, -0.25) is 0 Å². The van der Waals surface area contributed by atoms with Gasteiger partial charge in [0.25, 0.3) is 0 Å². The summed E-state index contributed by atoms with van der Waals surface area (Å²) in [5, 5.41) is 4.12. The molecule has 1 N–H and O–H groups in total. The summed E-state index contributed by atoms with van der Waals surface area (Å²) in [6.45, 7) is 2.07. The molecule has 0 aliphatic heterocycles. The van der Waals surface area contributed by atoms with Gasteiger partial charge in [0.15, 0.2) is 5.17 Å². The molecular weight excluding hydrogens is 338 g/mol. The van der Waals surface area contributed by atoms with Crippen molar-refractivity contribution in [3.05, 3.63) is 96.1 Å². The van der Waals surface area contributed by atoms with Crippen molar-refractivity contribution in [3.63, 3.8) is 0 Å². The van der Waals surface area contributed by atoms with Crippen molar-refractivity contribution in [2.45, 2.75) is 6.92 Å². The molecule has 130 valence electrons. The van der Waals surface area contributed by atoms with Gasteiger partial charge in [0.05, 0.1) is 5.69 Å². The molecule has 0 aliphatic carbocycles. The van der Waals surface area contributed by atoms with E-state index in [1.165, 1.54) is 17.3 Å². The van der Waals surface area contributed by atoms with E-state index in [4.69, 9.17) is 4.99 Å². The molecule has 4 heteroatoms. The van der Waals surface area contributed by atoms with E-state index in [0.29, 0.717) is 5.17 Å². The van der Waals surface area contributed by atoms with Gasteiger partial charge in [0.2, 0.25) is 0 Å². The van der Waals surface area contributed by atoms with E-state index in [-0.39, 0.29) is 0 Å². The van der Waals surface area contributed by atoms with Gasteiger partial charge in [-0.15, -0.1) is 0 Å². The summed E-state index contributed by atoms with van der Waals surface area (Å²) in [5.41, 5.74) is 4.12. The average Bonchev–Trinajstić information content (AvgIpc) is 2.70. The average molecular weight is 359 g/mol. The number of amidine groups is 2. The molecule has 0 unspecified atom stereocenters. The number of aryl methyl sites for hydroxylation is 1. The van der Waals surface area contributed by atoms with Crippen molar-refractivity contribution >= 4 is 34.1 Å². The molecule has 0 aliphatic rings. The van der Waals surface area contributed by atoms with Gasteiger partial charge < -0.3 is 5.32 Å². The minimum Gasteiger partial charge on any atom is -0.340 e. The number of hydrogen-bond donors (Lipinski definition) is 1. The Labute approximate surface area is 158 Å². The van der Waals surface area contributed by atoms with E-state index in [1.807, 2.05) is 79.1 Å². The van der Waals surface area contributed by atoms with E-state index >= 15 is 0 Å². The van der Waals surface area contributed by atoms with Crippen LogP contribution >= 0.6 is 11.8 Å². The molecule has 0 saturated carbocycles. The number of hydrogen-bond acceptors (Lipinski definition) is 2. The maximum Gasteiger partial charge on any atom is 0.189 e. The molecule has 0 radical (unpaired) electrons. The molecule has 3 aromatic rings. The number of rotatable bonds is 3. The van der Waals surface area contributed by atoms with Gasteiger partial charge in [0.1, 0.15) is 5.84 Å². The zero-order chi connectivity index (χ0) is 18.2. The second kappa shape index (κ2) is 9.02. The lowest BCUT2D eigenvalue weighted by Crippen LogP contribution is -2.15. The van der Waals surface area contributed by atoms with Crippen LogP contribution in [-0.4, -0.2) is 17.3 Å². The van der Waals surface area contributed by atoms with Gasteiger partial charge >= 0.3 is 0 Å². The largest absolute Gasteiger partial charge is 0.340 e. The number of aliphatic imine (C=N–C) groups is 2. The molecule has 3 rings (SSSR count). The predicted molar refractivity (Wildman–Crippen MR) is 115 cm³/mol. The summed E-state index contributed by atoms with van der Waals surface area (Å²) in [7, 11) is 0. The third-order valence-electron chi connectivity index (χ3n) is 3.73. The van der Waals surface area contributed by atoms with Gasteiger partial charge in [0, 0.05) is 11.3 Å². The number of benzene rings is 3. The number of anilines is 1. The first-order chi connectivity index (χ1) is 12.7. The zero-order valence-corrected chi connectivity index (χ0v) is 15.7. The number of nitrogens with zero attached hydrogens (tertiary/aromatic N) is 2. The van der Waals surface area contributed by atoms with Crippen LogP contribution in [0.25, 0.3) is 0 Å². The molecule has 0 spiro atoms. The van der Waals surface area contributed by atoms with Crippen LogP contribution in [0.15, 0.2) is 94.9 Å². The Morgan fingerprint density at radius 2 is 1.42 bits per heavy atom. The van der Waals surface area contributed by atoms with E-state index in [1.54, 1.807) is 0 Å². The van der Waals surface area contributed by atoms with Gasteiger partial charge in [-0.1, -0.05) is 78.0 Å². The fraction of sp³-hybridized carbons (Fsp3) is 0.0909. The van der Waals surface area contributed by atoms with Crippen molar-refractivity contribution in [1.29, 1.82) is 0 Å². The second-order valence-corrected chi connectivity index (χ2v) is 6.52. The van der Waals surface area contributed by atoms with Crippen LogP contribution in [-0.2, 0) is 0 Å². The standard InChI is InChI=1S/C22H21N3S/c1-17-13-15-20(16-14-17)24-22(26-2)25-21(18-9-5-3-6-10-18)23-19-11-7-4-8-12-19/h3-16H,1-2H3,(H,23,24,25). The second-order valence-electron chi connectivity index (χ2n) is 5.75. The highest BCUT2D eigenvalue weighted by atomic mass is 32.2. The van der Waals surface area contributed by atoms with Crippen molar-refractivity contribution < 1.29 is 0 Å². The highest BCUT2D eigenvalue weighted by molar-refractivity contribution is 8.13. The SMILES string of the molecule is CSC(=Nc1ccc(C)cc1)/N=C(/Nc1ccccc1)c1ccccc1. The maximum absolute atomic E-state index is 4.80. The molecular formula is C22H21N3S. The van der Waals surface area contributed by atoms with E-state index in [2.05, 4.69) is 29.4 Å². The Morgan fingerprint density at radius 3 is 2.04 bits per heavy atom. The molecule has 0 heterocycles. The molecule has 3 nitrogen and oxygen atoms in total. The Bertz CT molecular complexity index is 886. The Morgan fingerprint density at radius 1 is 0.808 bits per heavy atom. The van der Waals surface area contributed by atoms with Crippen molar-refractivity contribution in [1.82, 2.24) is 0 Å². The van der Waals surface area contributed by atoms with E-state index < -0.39 is 0 Å². The monoisotopic (exact) mass is 359 g/mol. The highest BCUT2D eigenvalue weighted by Gasteiger charge is 2.06. The van der Waals surface area contributed by atoms with Crippen LogP contribution in [0.5, 0.6) is 0 Å². The lowest BCUT2D eigenvalue weighted by Gasteiger charge is -2.11. The number of nitrogens with one attached hydrogen (secondary N) is 1. The zero-order valence-electron chi connectivity index (χ0n) is 14.9. The first-order valence-corrected chi connectivity index (χ1v) is 9.62. The van der Waals surface area contributed by atoms with E-state index in [9.17, 15) is 0 Å². The fourth-order valence-corrected chi connectivity index (χ4v) is 2.74. The summed E-state index contributed by atoms with van der Waals surface area (Å²) >= 11 is 1.53. The molecule has 26 heavy (non-hydrogen) atoms. The Hall–Kier alpha value is -2.85. The summed E-state index contributed by atoms with van der Waals surface area (Å²) in [6.07, 6.45) is 1.99. The summed E-state index contributed by atoms with van der Waals surface area (Å²) in [6, 6.07) is 28.3. The van der Waals surface area contributed by atoms with E-state index in [0.717, 1.165) is 22.8 Å². The molecule has 0 atom stereocenters. The maximum atomic E-state index is 4.80. The van der Waals surface area contributed by atoms with Crippen LogP contribution in [0, 0.1) is 6.92 Å². The van der Waals surface area contributed by atoms with Gasteiger partial charge in [-0.05, 0) is 37.4 Å². The summed E-state index contributed by atoms with van der Waals surface area (Å²) in [5.74, 6) is 0.775. The first-order valence-electron chi connectivity index (χ1n) is 8.40. The Balaban J connectivity index is 1.97. The smallest absolute Gasteiger partial charge is 0.189 e.